The summed E-state index contributed by atoms with van der Waals surface area (Å²) in [7, 11) is 0. The second-order valence-corrected chi connectivity index (χ2v) is 9.81. The molecule has 0 heterocycles. The van der Waals surface area contributed by atoms with Crippen LogP contribution in [-0.4, -0.2) is 11.6 Å². The molecule has 0 aromatic heterocycles. The average molecular weight is 319 g/mol. The largest absolute Gasteiger partial charge is 0.456 e. The average Bonchev–Trinajstić information content (AvgIpc) is 2.32. The third-order valence-electron chi connectivity index (χ3n) is 3.81. The first kappa shape index (κ1) is 19.7. The second kappa shape index (κ2) is 6.67. The summed E-state index contributed by atoms with van der Waals surface area (Å²) in [4.78, 5) is 12.1. The molecule has 0 aliphatic heterocycles. The second-order valence-electron chi connectivity index (χ2n) is 9.81. The van der Waals surface area contributed by atoms with Crippen LogP contribution in [0.25, 0.3) is 0 Å². The van der Waals surface area contributed by atoms with E-state index in [0.29, 0.717) is 11.5 Å². The molecule has 2 nitrogen and oxygen atoms in total. The SMILES string of the molecule is CC(C)(C)CC(c1ccc(C(=O)OC(C)(C)C)cc1)C(C)(C)C. The molecule has 1 aromatic rings. The van der Waals surface area contributed by atoms with Crippen LogP contribution in [0.15, 0.2) is 24.3 Å². The van der Waals surface area contributed by atoms with E-state index >= 15 is 0 Å². The van der Waals surface area contributed by atoms with Crippen molar-refractivity contribution in [2.45, 2.75) is 80.3 Å². The van der Waals surface area contributed by atoms with Crippen molar-refractivity contribution in [2.75, 3.05) is 0 Å². The molecule has 0 radical (unpaired) electrons. The predicted molar refractivity (Wildman–Crippen MR) is 97.9 cm³/mol. The lowest BCUT2D eigenvalue weighted by Gasteiger charge is -2.36. The van der Waals surface area contributed by atoms with Gasteiger partial charge < -0.3 is 4.74 Å². The first-order valence-corrected chi connectivity index (χ1v) is 8.52. The summed E-state index contributed by atoms with van der Waals surface area (Å²) >= 11 is 0. The number of carbonyl (C=O) groups is 1. The van der Waals surface area contributed by atoms with Crippen molar-refractivity contribution in [1.29, 1.82) is 0 Å². The predicted octanol–water partition coefficient (Wildman–Crippen LogP) is 6.21. The molecule has 0 saturated carbocycles. The Morgan fingerprint density at radius 2 is 1.39 bits per heavy atom. The third-order valence-corrected chi connectivity index (χ3v) is 3.81. The van der Waals surface area contributed by atoms with Crippen molar-refractivity contribution < 1.29 is 9.53 Å². The summed E-state index contributed by atoms with van der Waals surface area (Å²) in [5.74, 6) is 0.197. The highest BCUT2D eigenvalue weighted by Gasteiger charge is 2.30. The molecule has 130 valence electrons. The molecule has 0 saturated heterocycles. The maximum absolute atomic E-state index is 12.1. The summed E-state index contributed by atoms with van der Waals surface area (Å²) in [5, 5.41) is 0. The van der Waals surface area contributed by atoms with Crippen LogP contribution in [0.2, 0.25) is 0 Å². The number of hydrogen-bond donors (Lipinski definition) is 0. The van der Waals surface area contributed by atoms with E-state index < -0.39 is 5.60 Å². The van der Waals surface area contributed by atoms with Gasteiger partial charge in [0, 0.05) is 0 Å². The Labute approximate surface area is 142 Å². The van der Waals surface area contributed by atoms with Gasteiger partial charge in [0.25, 0.3) is 0 Å². The van der Waals surface area contributed by atoms with Crippen molar-refractivity contribution in [3.63, 3.8) is 0 Å². The number of hydrogen-bond acceptors (Lipinski definition) is 2. The van der Waals surface area contributed by atoms with Crippen molar-refractivity contribution in [1.82, 2.24) is 0 Å². The van der Waals surface area contributed by atoms with Gasteiger partial charge in [-0.25, -0.2) is 4.79 Å². The molecule has 0 N–H and O–H groups in total. The zero-order chi connectivity index (χ0) is 18.1. The first-order valence-electron chi connectivity index (χ1n) is 8.52. The van der Waals surface area contributed by atoms with Gasteiger partial charge in [0.2, 0.25) is 0 Å². The zero-order valence-electron chi connectivity index (χ0n) is 16.4. The van der Waals surface area contributed by atoms with E-state index in [9.17, 15) is 4.79 Å². The molecule has 23 heavy (non-hydrogen) atoms. The van der Waals surface area contributed by atoms with Gasteiger partial charge >= 0.3 is 5.97 Å². The molecule has 0 amide bonds. The molecule has 1 atom stereocenters. The molecule has 0 fully saturated rings. The van der Waals surface area contributed by atoms with E-state index in [1.165, 1.54) is 5.56 Å². The lowest BCUT2D eigenvalue weighted by atomic mass is 9.69. The van der Waals surface area contributed by atoms with Crippen LogP contribution in [0.4, 0.5) is 0 Å². The highest BCUT2D eigenvalue weighted by molar-refractivity contribution is 5.89. The van der Waals surface area contributed by atoms with Crippen molar-refractivity contribution in [3.05, 3.63) is 35.4 Å². The maximum Gasteiger partial charge on any atom is 0.338 e. The number of esters is 1. The first-order chi connectivity index (χ1) is 10.2. The van der Waals surface area contributed by atoms with Crippen LogP contribution in [0.1, 0.15) is 90.6 Å². The quantitative estimate of drug-likeness (QED) is 0.619. The van der Waals surface area contributed by atoms with E-state index in [0.717, 1.165) is 6.42 Å². The minimum absolute atomic E-state index is 0.181. The highest BCUT2D eigenvalue weighted by atomic mass is 16.6. The minimum Gasteiger partial charge on any atom is -0.456 e. The Kier molecular flexibility index (Phi) is 5.72. The molecule has 1 rings (SSSR count). The topological polar surface area (TPSA) is 26.3 Å². The number of rotatable bonds is 3. The molecule has 0 aliphatic rings. The number of benzene rings is 1. The molecule has 2 heteroatoms. The summed E-state index contributed by atoms with van der Waals surface area (Å²) in [6.07, 6.45) is 1.11. The fourth-order valence-electron chi connectivity index (χ4n) is 2.72. The molecule has 0 bridgehead atoms. The Morgan fingerprint density at radius 3 is 1.74 bits per heavy atom. The Hall–Kier alpha value is -1.31. The summed E-state index contributed by atoms with van der Waals surface area (Å²) < 4.78 is 5.43. The molecular weight excluding hydrogens is 284 g/mol. The van der Waals surface area contributed by atoms with Gasteiger partial charge in [-0.15, -0.1) is 0 Å². The van der Waals surface area contributed by atoms with E-state index in [2.05, 4.69) is 53.7 Å². The van der Waals surface area contributed by atoms with E-state index in [1.807, 2.05) is 32.9 Å². The molecule has 1 unspecified atom stereocenters. The van der Waals surface area contributed by atoms with Gasteiger partial charge in [0.15, 0.2) is 0 Å². The zero-order valence-corrected chi connectivity index (χ0v) is 16.4. The third kappa shape index (κ3) is 6.76. The van der Waals surface area contributed by atoms with Crippen LogP contribution >= 0.6 is 0 Å². The van der Waals surface area contributed by atoms with Crippen molar-refractivity contribution in [2.24, 2.45) is 10.8 Å². The Bertz CT molecular complexity index is 519. The van der Waals surface area contributed by atoms with E-state index in [-0.39, 0.29) is 16.8 Å². The lowest BCUT2D eigenvalue weighted by molar-refractivity contribution is 0.00695. The number of ether oxygens (including phenoxy) is 1. The van der Waals surface area contributed by atoms with Crippen LogP contribution in [-0.2, 0) is 4.74 Å². The fraction of sp³-hybridized carbons (Fsp3) is 0.667. The molecule has 1 aromatic carbocycles. The fourth-order valence-corrected chi connectivity index (χ4v) is 2.72. The molecule has 0 spiro atoms. The maximum atomic E-state index is 12.1. The van der Waals surface area contributed by atoms with Crippen LogP contribution in [0.5, 0.6) is 0 Å². The van der Waals surface area contributed by atoms with Crippen molar-refractivity contribution in [3.8, 4) is 0 Å². The normalized spacial score (nSPS) is 14.5. The van der Waals surface area contributed by atoms with E-state index in [1.54, 1.807) is 0 Å². The van der Waals surface area contributed by atoms with Crippen molar-refractivity contribution >= 4 is 5.97 Å². The monoisotopic (exact) mass is 318 g/mol. The Morgan fingerprint density at radius 1 is 0.913 bits per heavy atom. The van der Waals surface area contributed by atoms with Gasteiger partial charge in [-0.3, -0.25) is 0 Å². The highest BCUT2D eigenvalue weighted by Crippen LogP contribution is 2.43. The Balaban J connectivity index is 3.02. The van der Waals surface area contributed by atoms with Crippen LogP contribution in [0.3, 0.4) is 0 Å². The standard InChI is InChI=1S/C21H34O2/c1-19(2,3)14-17(20(4,5)6)15-10-12-16(13-11-15)18(22)23-21(7,8)9/h10-13,17H,14H2,1-9H3. The lowest BCUT2D eigenvalue weighted by Crippen LogP contribution is -2.25. The molecular formula is C21H34O2. The van der Waals surface area contributed by atoms with Gasteiger partial charge in [-0.2, -0.15) is 0 Å². The van der Waals surface area contributed by atoms with Gasteiger partial charge in [-0.1, -0.05) is 53.7 Å². The smallest absolute Gasteiger partial charge is 0.338 e. The van der Waals surface area contributed by atoms with Crippen LogP contribution in [0, 0.1) is 10.8 Å². The van der Waals surface area contributed by atoms with Crippen LogP contribution < -0.4 is 0 Å². The molecule has 0 aliphatic carbocycles. The van der Waals surface area contributed by atoms with Gasteiger partial charge in [-0.05, 0) is 61.6 Å². The summed E-state index contributed by atoms with van der Waals surface area (Å²) in [6, 6.07) is 7.96. The van der Waals surface area contributed by atoms with Gasteiger partial charge in [0.05, 0.1) is 5.56 Å². The van der Waals surface area contributed by atoms with E-state index in [4.69, 9.17) is 4.74 Å². The van der Waals surface area contributed by atoms with Gasteiger partial charge in [0.1, 0.15) is 5.60 Å². The summed E-state index contributed by atoms with van der Waals surface area (Å²) in [5.41, 5.74) is 1.89. The minimum atomic E-state index is -0.462. The number of carbonyl (C=O) groups excluding carboxylic acids is 1. The summed E-state index contributed by atoms with van der Waals surface area (Å²) in [6.45, 7) is 19.3.